The van der Waals surface area contributed by atoms with E-state index >= 15 is 0 Å². The van der Waals surface area contributed by atoms with Gasteiger partial charge in [0.15, 0.2) is 0 Å². The van der Waals surface area contributed by atoms with Crippen molar-refractivity contribution in [1.82, 2.24) is 10.6 Å². The number of fused-ring (bicyclic) bond motifs is 7. The highest BCUT2D eigenvalue weighted by molar-refractivity contribution is 5.94. The average Bonchev–Trinajstić information content (AvgIpc) is 3.54. The summed E-state index contributed by atoms with van der Waals surface area (Å²) in [6.07, 6.45) is 13.5. The van der Waals surface area contributed by atoms with E-state index in [1.54, 1.807) is 18.2 Å². The van der Waals surface area contributed by atoms with Gasteiger partial charge in [0.1, 0.15) is 0 Å². The zero-order valence-electron chi connectivity index (χ0n) is 32.7. The zero-order valence-corrected chi connectivity index (χ0v) is 32.7. The molecule has 5 fully saturated rings. The molecule has 0 bridgehead atoms. The number of aromatic carboxylic acids is 1. The molecule has 0 radical (unpaired) electrons. The van der Waals surface area contributed by atoms with Gasteiger partial charge in [0.05, 0.1) is 11.7 Å². The van der Waals surface area contributed by atoms with E-state index in [1.165, 1.54) is 69.8 Å². The van der Waals surface area contributed by atoms with Crippen LogP contribution in [0.25, 0.3) is 0 Å². The number of carboxylic acids is 1. The van der Waals surface area contributed by atoms with Crippen molar-refractivity contribution in [3.8, 4) is 0 Å². The number of aliphatic hydroxyl groups is 1. The normalized spacial score (nSPS) is 38.2. The second kappa shape index (κ2) is 13.4. The number of carboxylic acid groups (broad SMARTS) is 1. The van der Waals surface area contributed by atoms with Crippen LogP contribution in [0.5, 0.6) is 0 Å². The molecule has 5 aliphatic carbocycles. The number of hydrogen-bond donors (Lipinski definition) is 4. The molecule has 0 saturated heterocycles. The van der Waals surface area contributed by atoms with Crippen LogP contribution in [0.1, 0.15) is 144 Å². The highest BCUT2D eigenvalue weighted by atomic mass is 16.4. The van der Waals surface area contributed by atoms with Gasteiger partial charge in [0.2, 0.25) is 0 Å². The Labute approximate surface area is 312 Å². The van der Waals surface area contributed by atoms with Gasteiger partial charge in [-0.25, -0.2) is 4.79 Å². The maximum atomic E-state index is 13.2. The van der Waals surface area contributed by atoms with E-state index < -0.39 is 5.97 Å². The van der Waals surface area contributed by atoms with Crippen molar-refractivity contribution in [2.75, 3.05) is 0 Å². The Morgan fingerprint density at radius 2 is 1.48 bits per heavy atom. The van der Waals surface area contributed by atoms with Gasteiger partial charge in [-0.05, 0) is 157 Å². The molecule has 52 heavy (non-hydrogen) atoms. The van der Waals surface area contributed by atoms with Crippen LogP contribution in [0.15, 0.2) is 60.7 Å². The summed E-state index contributed by atoms with van der Waals surface area (Å²) in [7, 11) is 0. The molecule has 7 rings (SSSR count). The summed E-state index contributed by atoms with van der Waals surface area (Å²) >= 11 is 0. The molecule has 0 aliphatic heterocycles. The van der Waals surface area contributed by atoms with Crippen LogP contribution in [-0.4, -0.2) is 34.2 Å². The lowest BCUT2D eigenvalue weighted by atomic mass is 9.32. The lowest BCUT2D eigenvalue weighted by Crippen LogP contribution is -2.67. The fourth-order valence-electron chi connectivity index (χ4n) is 14.1. The maximum Gasteiger partial charge on any atom is 0.335 e. The molecule has 1 amide bonds. The molecular weight excluding hydrogens is 645 g/mol. The molecule has 0 spiro atoms. The fourth-order valence-corrected chi connectivity index (χ4v) is 14.1. The largest absolute Gasteiger partial charge is 0.478 e. The molecule has 6 heteroatoms. The first kappa shape index (κ1) is 37.4. The minimum Gasteiger partial charge on any atom is -0.478 e. The van der Waals surface area contributed by atoms with Gasteiger partial charge in [0, 0.05) is 24.7 Å². The summed E-state index contributed by atoms with van der Waals surface area (Å²) in [5.41, 5.74) is 5.01. The highest BCUT2D eigenvalue weighted by Crippen LogP contribution is 2.77. The predicted molar refractivity (Wildman–Crippen MR) is 208 cm³/mol. The topological polar surface area (TPSA) is 98.7 Å². The fraction of sp³-hybridized carbons (Fsp3) is 0.652. The third kappa shape index (κ3) is 5.81. The Morgan fingerprint density at radius 1 is 0.788 bits per heavy atom. The Balaban J connectivity index is 1.07. The van der Waals surface area contributed by atoms with Crippen molar-refractivity contribution in [2.24, 2.45) is 50.7 Å². The van der Waals surface area contributed by atoms with E-state index in [4.69, 9.17) is 0 Å². The van der Waals surface area contributed by atoms with Gasteiger partial charge in [0.25, 0.3) is 5.91 Å². The van der Waals surface area contributed by atoms with E-state index in [0.717, 1.165) is 29.4 Å². The van der Waals surface area contributed by atoms with Crippen molar-refractivity contribution >= 4 is 11.9 Å². The smallest absolute Gasteiger partial charge is 0.335 e. The van der Waals surface area contributed by atoms with Crippen molar-refractivity contribution < 1.29 is 19.8 Å². The third-order valence-corrected chi connectivity index (χ3v) is 16.8. The number of rotatable bonds is 9. The summed E-state index contributed by atoms with van der Waals surface area (Å²) in [4.78, 5) is 24.6. The second-order valence-electron chi connectivity index (χ2n) is 19.3. The summed E-state index contributed by atoms with van der Waals surface area (Å²) in [6, 6.07) is 14.8. The zero-order chi connectivity index (χ0) is 37.3. The number of aliphatic hydroxyl groups excluding tert-OH is 1. The molecule has 5 saturated carbocycles. The average molecular weight is 709 g/mol. The lowest BCUT2D eigenvalue weighted by molar-refractivity contribution is -0.246. The van der Waals surface area contributed by atoms with E-state index in [2.05, 4.69) is 64.8 Å². The van der Waals surface area contributed by atoms with Crippen LogP contribution in [0.3, 0.4) is 0 Å². The quantitative estimate of drug-likeness (QED) is 0.195. The predicted octanol–water partition coefficient (Wildman–Crippen LogP) is 9.57. The van der Waals surface area contributed by atoms with Crippen molar-refractivity contribution in [3.63, 3.8) is 0 Å². The van der Waals surface area contributed by atoms with E-state index in [-0.39, 0.29) is 41.0 Å². The van der Waals surface area contributed by atoms with Crippen molar-refractivity contribution in [2.45, 2.75) is 137 Å². The number of carbonyl (C=O) groups excluding carboxylic acids is 1. The monoisotopic (exact) mass is 708 g/mol. The van der Waals surface area contributed by atoms with Crippen LogP contribution in [0.2, 0.25) is 0 Å². The van der Waals surface area contributed by atoms with Crippen LogP contribution >= 0.6 is 0 Å². The summed E-state index contributed by atoms with van der Waals surface area (Å²) < 4.78 is 0. The molecule has 4 unspecified atom stereocenters. The van der Waals surface area contributed by atoms with E-state index in [1.807, 2.05) is 24.3 Å². The van der Waals surface area contributed by atoms with Gasteiger partial charge in [-0.2, -0.15) is 0 Å². The Kier molecular flexibility index (Phi) is 9.63. The van der Waals surface area contributed by atoms with E-state index in [9.17, 15) is 19.8 Å². The Bertz CT molecular complexity index is 1720. The first-order valence-corrected chi connectivity index (χ1v) is 20.3. The van der Waals surface area contributed by atoms with Crippen LogP contribution in [-0.2, 0) is 13.1 Å². The van der Waals surface area contributed by atoms with Gasteiger partial charge in [-0.1, -0.05) is 77.5 Å². The van der Waals surface area contributed by atoms with Crippen LogP contribution in [0, 0.1) is 50.7 Å². The van der Waals surface area contributed by atoms with Crippen molar-refractivity contribution in [1.29, 1.82) is 0 Å². The minimum atomic E-state index is -0.976. The number of benzene rings is 2. The van der Waals surface area contributed by atoms with Gasteiger partial charge >= 0.3 is 5.97 Å². The van der Waals surface area contributed by atoms with Gasteiger partial charge < -0.3 is 20.8 Å². The summed E-state index contributed by atoms with van der Waals surface area (Å²) in [6.45, 7) is 20.5. The molecule has 0 heterocycles. The molecule has 2 aromatic carbocycles. The second-order valence-corrected chi connectivity index (χ2v) is 19.3. The summed E-state index contributed by atoms with van der Waals surface area (Å²) in [5.74, 6) is 1.57. The molecule has 282 valence electrons. The molecule has 2 aromatic rings. The van der Waals surface area contributed by atoms with Gasteiger partial charge in [-0.3, -0.25) is 4.79 Å². The molecular formula is C46H64N2O4. The third-order valence-electron chi connectivity index (χ3n) is 16.8. The minimum absolute atomic E-state index is 0.0149. The van der Waals surface area contributed by atoms with Gasteiger partial charge in [-0.15, -0.1) is 0 Å². The Morgan fingerprint density at radius 3 is 2.19 bits per heavy atom. The molecule has 5 aliphatic rings. The summed E-state index contributed by atoms with van der Waals surface area (Å²) in [5, 5.41) is 27.4. The number of hydrogen-bond acceptors (Lipinski definition) is 4. The van der Waals surface area contributed by atoms with Crippen LogP contribution in [0.4, 0.5) is 0 Å². The van der Waals surface area contributed by atoms with E-state index in [0.29, 0.717) is 40.2 Å². The number of carbonyl (C=O) groups is 2. The molecule has 4 N–H and O–H groups in total. The van der Waals surface area contributed by atoms with Crippen molar-refractivity contribution in [3.05, 3.63) is 82.9 Å². The Hall–Kier alpha value is -2.96. The number of amides is 1. The molecule has 10 atom stereocenters. The SMILES string of the molecule is C=C(C)[C@@H](NCc1cccc(C(=O)NCc2cccc(C(=O)O)c2)c1)[C@]12CCCC1C1CCC3[C@@]4(C)CC[C@H](O)C(C)(C)C4CC[C@@]3(C)[C@]1(C)CC2. The molecule has 6 nitrogen and oxygen atoms in total. The first-order valence-electron chi connectivity index (χ1n) is 20.3. The molecule has 0 aromatic heterocycles. The lowest BCUT2D eigenvalue weighted by Gasteiger charge is -2.73. The van der Waals surface area contributed by atoms with Crippen LogP contribution < -0.4 is 10.6 Å². The maximum absolute atomic E-state index is 13.2. The standard InChI is InChI=1S/C46H64N2O4/c1-29(2)39(47-27-30-11-8-13-32(25-30)40(50)48-28-31-12-9-14-33(26-31)41(51)52)46-20-10-15-35(46)34-16-17-37-43(5)21-19-38(49)42(3,4)36(43)18-22-45(37,7)44(34,6)23-24-46/h8-9,11-14,25-26,34-39,47,49H,1,10,15-24,27-28H2,2-7H3,(H,48,50)(H,51,52)/t34?,35?,36?,37?,38-,39+,43-,44+,45+,46-/m0/s1. The number of nitrogens with one attached hydrogen (secondary N) is 2. The highest BCUT2D eigenvalue weighted by Gasteiger charge is 2.70. The first-order chi connectivity index (χ1) is 24.6.